The highest BCUT2D eigenvalue weighted by Gasteiger charge is 2.37. The molecule has 2 aromatic rings. The average molecular weight is 384 g/mol. The molecule has 2 rings (SSSR count). The topological polar surface area (TPSA) is 9.23 Å². The van der Waals surface area contributed by atoms with Crippen LogP contribution in [0, 0.1) is 0 Å². The number of halogens is 6. The molecule has 7 heteroatoms. The first-order valence-electron chi connectivity index (χ1n) is 5.87. The second-order valence-electron chi connectivity index (χ2n) is 4.33. The van der Waals surface area contributed by atoms with Crippen molar-refractivity contribution in [3.8, 4) is 5.75 Å². The summed E-state index contributed by atoms with van der Waals surface area (Å²) >= 11 is 23.1. The second kappa shape index (κ2) is 6.63. The van der Waals surface area contributed by atoms with Gasteiger partial charge >= 0.3 is 6.11 Å². The van der Waals surface area contributed by atoms with Crippen molar-refractivity contribution in [2.75, 3.05) is 0 Å². The number of ether oxygens (including phenoxy) is 1. The second-order valence-corrected chi connectivity index (χ2v) is 6.02. The molecule has 0 aliphatic carbocycles. The van der Waals surface area contributed by atoms with Crippen LogP contribution in [0.15, 0.2) is 43.0 Å². The Labute approximate surface area is 146 Å². The van der Waals surface area contributed by atoms with E-state index in [1.807, 2.05) is 0 Å². The molecule has 0 saturated carbocycles. The van der Waals surface area contributed by atoms with Crippen LogP contribution >= 0.6 is 46.4 Å². The Bertz CT molecular complexity index is 711. The summed E-state index contributed by atoms with van der Waals surface area (Å²) in [6, 6.07) is 7.90. The maximum absolute atomic E-state index is 14.2. The molecule has 0 aromatic heterocycles. The van der Waals surface area contributed by atoms with Crippen LogP contribution in [-0.2, 0) is 0 Å². The van der Waals surface area contributed by atoms with Gasteiger partial charge in [-0.15, -0.1) is 0 Å². The molecule has 22 heavy (non-hydrogen) atoms. The number of rotatable bonds is 4. The summed E-state index contributed by atoms with van der Waals surface area (Å²) < 4.78 is 33.1. The predicted octanol–water partition coefficient (Wildman–Crippen LogP) is 6.99. The highest BCUT2D eigenvalue weighted by atomic mass is 35.5. The minimum Gasteiger partial charge on any atom is -0.429 e. The lowest BCUT2D eigenvalue weighted by Crippen LogP contribution is -2.26. The van der Waals surface area contributed by atoms with E-state index < -0.39 is 11.7 Å². The molecule has 0 heterocycles. The molecule has 1 nitrogen and oxygen atoms in total. The van der Waals surface area contributed by atoms with E-state index in [0.717, 1.165) is 0 Å². The summed E-state index contributed by atoms with van der Waals surface area (Å²) in [6.45, 7) is 3.36. The third kappa shape index (κ3) is 4.05. The van der Waals surface area contributed by atoms with Gasteiger partial charge in [-0.05, 0) is 35.9 Å². The van der Waals surface area contributed by atoms with Gasteiger partial charge in [-0.1, -0.05) is 53.0 Å². The van der Waals surface area contributed by atoms with Gasteiger partial charge in [-0.2, -0.15) is 8.78 Å². The molecule has 0 N–H and O–H groups in total. The van der Waals surface area contributed by atoms with Crippen molar-refractivity contribution in [1.82, 2.24) is 0 Å². The van der Waals surface area contributed by atoms with Gasteiger partial charge < -0.3 is 4.74 Å². The first-order chi connectivity index (χ1) is 10.2. The van der Waals surface area contributed by atoms with Gasteiger partial charge in [-0.3, -0.25) is 0 Å². The molecule has 0 fully saturated rings. The van der Waals surface area contributed by atoms with Crippen LogP contribution in [0.4, 0.5) is 8.78 Å². The van der Waals surface area contributed by atoms with E-state index in [-0.39, 0.29) is 31.4 Å². The van der Waals surface area contributed by atoms with E-state index in [0.29, 0.717) is 0 Å². The molecule has 0 bridgehead atoms. The number of benzene rings is 2. The van der Waals surface area contributed by atoms with Crippen LogP contribution < -0.4 is 4.74 Å². The van der Waals surface area contributed by atoms with Crippen LogP contribution in [0.25, 0.3) is 5.57 Å². The first-order valence-corrected chi connectivity index (χ1v) is 7.38. The summed E-state index contributed by atoms with van der Waals surface area (Å²) in [6.07, 6.45) is -3.68. The van der Waals surface area contributed by atoms with Gasteiger partial charge in [0.05, 0.1) is 15.6 Å². The highest BCUT2D eigenvalue weighted by Crippen LogP contribution is 2.37. The van der Waals surface area contributed by atoms with Gasteiger partial charge in [0.25, 0.3) is 0 Å². The van der Waals surface area contributed by atoms with Crippen molar-refractivity contribution in [3.63, 3.8) is 0 Å². The molecule has 0 atom stereocenters. The van der Waals surface area contributed by atoms with Crippen molar-refractivity contribution >= 4 is 52.0 Å². The van der Waals surface area contributed by atoms with Crippen LogP contribution in [0.3, 0.4) is 0 Å². The minimum atomic E-state index is -3.68. The average Bonchev–Trinajstić information content (AvgIpc) is 2.40. The summed E-state index contributed by atoms with van der Waals surface area (Å²) in [5, 5.41) is 0.770. The zero-order valence-electron chi connectivity index (χ0n) is 10.8. The van der Waals surface area contributed by atoms with Gasteiger partial charge in [-0.25, -0.2) is 0 Å². The SMILES string of the molecule is C=C(c1cc(Cl)cc(Cl)c1)C(F)(F)Oc1ccc(Cl)c(Cl)c1. The standard InChI is InChI=1S/C15H8Cl4F2O/c1-8(9-4-10(16)6-11(17)5-9)15(20,21)22-12-2-3-13(18)14(19)7-12/h2-7H,1H2. The fraction of sp³-hybridized carbons (Fsp3) is 0.0667. The number of alkyl halides is 2. The summed E-state index contributed by atoms with van der Waals surface area (Å²) in [4.78, 5) is 0. The van der Waals surface area contributed by atoms with Gasteiger partial charge in [0.1, 0.15) is 5.75 Å². The molecule has 2 aromatic carbocycles. The quantitative estimate of drug-likeness (QED) is 0.553. The van der Waals surface area contributed by atoms with Crippen molar-refractivity contribution in [3.05, 3.63) is 68.6 Å². The molecule has 0 radical (unpaired) electrons. The lowest BCUT2D eigenvalue weighted by Gasteiger charge is -2.21. The summed E-state index contributed by atoms with van der Waals surface area (Å²) in [7, 11) is 0. The number of hydrogen-bond acceptors (Lipinski definition) is 1. The Morgan fingerprint density at radius 1 is 0.909 bits per heavy atom. The fourth-order valence-electron chi connectivity index (χ4n) is 1.65. The van der Waals surface area contributed by atoms with Crippen molar-refractivity contribution in [2.45, 2.75) is 6.11 Å². The van der Waals surface area contributed by atoms with E-state index in [2.05, 4.69) is 11.3 Å². The van der Waals surface area contributed by atoms with E-state index in [4.69, 9.17) is 46.4 Å². The normalized spacial score (nSPS) is 11.4. The van der Waals surface area contributed by atoms with Gasteiger partial charge in [0.15, 0.2) is 0 Å². The Balaban J connectivity index is 2.28. The fourth-order valence-corrected chi connectivity index (χ4v) is 2.46. The summed E-state index contributed by atoms with van der Waals surface area (Å²) in [5.41, 5.74) is -0.509. The third-order valence-corrected chi connectivity index (χ3v) is 3.87. The van der Waals surface area contributed by atoms with E-state index in [9.17, 15) is 8.78 Å². The van der Waals surface area contributed by atoms with Crippen LogP contribution in [0.2, 0.25) is 20.1 Å². The smallest absolute Gasteiger partial charge is 0.426 e. The molecule has 0 aliphatic rings. The Hall–Kier alpha value is -1.000. The molecule has 0 amide bonds. The predicted molar refractivity (Wildman–Crippen MR) is 87.5 cm³/mol. The minimum absolute atomic E-state index is 0.0718. The van der Waals surface area contributed by atoms with Gasteiger partial charge in [0, 0.05) is 16.1 Å². The third-order valence-electron chi connectivity index (χ3n) is 2.70. The maximum atomic E-state index is 14.2. The Kier molecular flexibility index (Phi) is 5.23. The van der Waals surface area contributed by atoms with Crippen LogP contribution in [0.1, 0.15) is 5.56 Å². The molecule has 0 aliphatic heterocycles. The summed E-state index contributed by atoms with van der Waals surface area (Å²) in [5.74, 6) is -0.145. The Morgan fingerprint density at radius 2 is 1.50 bits per heavy atom. The molecule has 116 valence electrons. The van der Waals surface area contributed by atoms with Crippen LogP contribution in [-0.4, -0.2) is 6.11 Å². The van der Waals surface area contributed by atoms with Crippen LogP contribution in [0.5, 0.6) is 5.75 Å². The van der Waals surface area contributed by atoms with E-state index in [1.54, 1.807) is 0 Å². The molecular weight excluding hydrogens is 376 g/mol. The first kappa shape index (κ1) is 17.4. The lowest BCUT2D eigenvalue weighted by atomic mass is 10.1. The Morgan fingerprint density at radius 3 is 2.05 bits per heavy atom. The number of hydrogen-bond donors (Lipinski definition) is 0. The lowest BCUT2D eigenvalue weighted by molar-refractivity contribution is -0.121. The zero-order chi connectivity index (χ0) is 16.5. The molecule has 0 saturated heterocycles. The largest absolute Gasteiger partial charge is 0.429 e. The molecule has 0 spiro atoms. The van der Waals surface area contributed by atoms with Crippen molar-refractivity contribution in [1.29, 1.82) is 0 Å². The zero-order valence-corrected chi connectivity index (χ0v) is 13.9. The highest BCUT2D eigenvalue weighted by molar-refractivity contribution is 6.42. The van der Waals surface area contributed by atoms with Crippen molar-refractivity contribution < 1.29 is 13.5 Å². The molecular formula is C15H8Cl4F2O. The van der Waals surface area contributed by atoms with E-state index in [1.165, 1.54) is 36.4 Å². The molecule has 0 unspecified atom stereocenters. The van der Waals surface area contributed by atoms with Crippen molar-refractivity contribution in [2.24, 2.45) is 0 Å². The van der Waals surface area contributed by atoms with E-state index >= 15 is 0 Å². The van der Waals surface area contributed by atoms with Gasteiger partial charge in [0.2, 0.25) is 0 Å². The monoisotopic (exact) mass is 382 g/mol. The maximum Gasteiger partial charge on any atom is 0.426 e.